The Hall–Kier alpha value is -2.00. The van der Waals surface area contributed by atoms with E-state index in [0.717, 1.165) is 30.2 Å². The lowest BCUT2D eigenvalue weighted by molar-refractivity contribution is 0.409. The molecule has 0 saturated carbocycles. The molecular weight excluding hydrogens is 262 g/mol. The Morgan fingerprint density at radius 2 is 1.67 bits per heavy atom. The minimum atomic E-state index is 0.404. The van der Waals surface area contributed by atoms with Crippen molar-refractivity contribution in [3.8, 4) is 17.2 Å². The molecule has 0 aliphatic rings. The highest BCUT2D eigenvalue weighted by atomic mass is 16.5. The van der Waals surface area contributed by atoms with Gasteiger partial charge in [0.1, 0.15) is 17.2 Å². The zero-order valence-corrected chi connectivity index (χ0v) is 12.9. The summed E-state index contributed by atoms with van der Waals surface area (Å²) in [4.78, 5) is 0. The minimum Gasteiger partial charge on any atom is -0.497 e. The Bertz CT molecular complexity index is 551. The molecule has 2 rings (SSSR count). The molecule has 1 unspecified atom stereocenters. The molecule has 0 aliphatic heterocycles. The van der Waals surface area contributed by atoms with Crippen molar-refractivity contribution in [3.05, 3.63) is 54.1 Å². The normalized spacial score (nSPS) is 12.0. The van der Waals surface area contributed by atoms with Crippen molar-refractivity contribution >= 4 is 0 Å². The zero-order chi connectivity index (χ0) is 15.1. The van der Waals surface area contributed by atoms with Gasteiger partial charge in [-0.05, 0) is 42.8 Å². The standard InChI is InChI=1S/C18H23NO2/c1-4-18(19-5-2)14-9-11-15(12-10-14)21-17-8-6-7-16(13-17)20-3/h6-13,18-19H,4-5H2,1-3H3. The number of benzene rings is 2. The summed E-state index contributed by atoms with van der Waals surface area (Å²) in [5, 5.41) is 3.48. The molecule has 1 atom stereocenters. The topological polar surface area (TPSA) is 30.5 Å². The summed E-state index contributed by atoms with van der Waals surface area (Å²) in [6.07, 6.45) is 1.07. The SMILES string of the molecule is CCNC(CC)c1ccc(Oc2cccc(OC)c2)cc1. The monoisotopic (exact) mass is 285 g/mol. The van der Waals surface area contributed by atoms with Crippen LogP contribution in [-0.2, 0) is 0 Å². The molecule has 0 spiro atoms. The van der Waals surface area contributed by atoms with E-state index in [1.807, 2.05) is 36.4 Å². The Morgan fingerprint density at radius 1 is 0.952 bits per heavy atom. The predicted octanol–water partition coefficient (Wildman–Crippen LogP) is 4.55. The van der Waals surface area contributed by atoms with Crippen molar-refractivity contribution in [2.75, 3.05) is 13.7 Å². The molecule has 0 aromatic heterocycles. The predicted molar refractivity (Wildman–Crippen MR) is 86.2 cm³/mol. The molecule has 21 heavy (non-hydrogen) atoms. The molecule has 0 radical (unpaired) electrons. The lowest BCUT2D eigenvalue weighted by Crippen LogP contribution is -2.19. The van der Waals surface area contributed by atoms with Crippen LogP contribution in [0.4, 0.5) is 0 Å². The van der Waals surface area contributed by atoms with Crippen LogP contribution in [0.1, 0.15) is 31.9 Å². The number of hydrogen-bond acceptors (Lipinski definition) is 3. The molecule has 3 heteroatoms. The molecule has 0 amide bonds. The molecular formula is C18H23NO2. The third kappa shape index (κ3) is 4.23. The van der Waals surface area contributed by atoms with Gasteiger partial charge in [0.2, 0.25) is 0 Å². The van der Waals surface area contributed by atoms with Gasteiger partial charge in [-0.3, -0.25) is 0 Å². The lowest BCUT2D eigenvalue weighted by Gasteiger charge is -2.16. The maximum absolute atomic E-state index is 5.85. The number of nitrogens with one attached hydrogen (secondary N) is 1. The van der Waals surface area contributed by atoms with Gasteiger partial charge in [-0.2, -0.15) is 0 Å². The highest BCUT2D eigenvalue weighted by Gasteiger charge is 2.07. The largest absolute Gasteiger partial charge is 0.497 e. The molecule has 3 nitrogen and oxygen atoms in total. The second kappa shape index (κ2) is 7.70. The van der Waals surface area contributed by atoms with Crippen LogP contribution in [0.15, 0.2) is 48.5 Å². The molecule has 0 bridgehead atoms. The number of hydrogen-bond donors (Lipinski definition) is 1. The van der Waals surface area contributed by atoms with Crippen LogP contribution in [0.2, 0.25) is 0 Å². The molecule has 2 aromatic rings. The number of rotatable bonds is 7. The van der Waals surface area contributed by atoms with E-state index < -0.39 is 0 Å². The van der Waals surface area contributed by atoms with Crippen LogP contribution < -0.4 is 14.8 Å². The third-order valence-corrected chi connectivity index (χ3v) is 3.42. The fourth-order valence-electron chi connectivity index (χ4n) is 2.31. The molecule has 112 valence electrons. The van der Waals surface area contributed by atoms with Crippen molar-refractivity contribution in [1.29, 1.82) is 0 Å². The number of methoxy groups -OCH3 is 1. The Morgan fingerprint density at radius 3 is 2.29 bits per heavy atom. The van der Waals surface area contributed by atoms with Gasteiger partial charge in [0.15, 0.2) is 0 Å². The maximum Gasteiger partial charge on any atom is 0.131 e. The fraction of sp³-hybridized carbons (Fsp3) is 0.333. The molecule has 1 N–H and O–H groups in total. The van der Waals surface area contributed by atoms with Crippen molar-refractivity contribution in [2.24, 2.45) is 0 Å². The fourth-order valence-corrected chi connectivity index (χ4v) is 2.31. The van der Waals surface area contributed by atoms with Crippen LogP contribution in [-0.4, -0.2) is 13.7 Å². The summed E-state index contributed by atoms with van der Waals surface area (Å²) in [7, 11) is 1.65. The van der Waals surface area contributed by atoms with E-state index in [9.17, 15) is 0 Å². The van der Waals surface area contributed by atoms with E-state index in [-0.39, 0.29) is 0 Å². The van der Waals surface area contributed by atoms with Gasteiger partial charge in [-0.25, -0.2) is 0 Å². The first-order valence-electron chi connectivity index (χ1n) is 7.42. The maximum atomic E-state index is 5.85. The highest BCUT2D eigenvalue weighted by molar-refractivity contribution is 5.37. The Kier molecular flexibility index (Phi) is 5.64. The van der Waals surface area contributed by atoms with Gasteiger partial charge in [-0.1, -0.05) is 32.0 Å². The van der Waals surface area contributed by atoms with Crippen molar-refractivity contribution in [2.45, 2.75) is 26.3 Å². The molecule has 0 heterocycles. The van der Waals surface area contributed by atoms with E-state index in [1.165, 1.54) is 5.56 Å². The van der Waals surface area contributed by atoms with Gasteiger partial charge in [0.25, 0.3) is 0 Å². The number of ether oxygens (including phenoxy) is 2. The van der Waals surface area contributed by atoms with E-state index in [4.69, 9.17) is 9.47 Å². The lowest BCUT2D eigenvalue weighted by atomic mass is 10.0. The minimum absolute atomic E-state index is 0.404. The summed E-state index contributed by atoms with van der Waals surface area (Å²) >= 11 is 0. The van der Waals surface area contributed by atoms with Gasteiger partial charge in [-0.15, -0.1) is 0 Å². The van der Waals surface area contributed by atoms with Crippen molar-refractivity contribution < 1.29 is 9.47 Å². The first kappa shape index (κ1) is 15.4. The summed E-state index contributed by atoms with van der Waals surface area (Å²) in [5.74, 6) is 2.40. The van der Waals surface area contributed by atoms with Crippen molar-refractivity contribution in [1.82, 2.24) is 5.32 Å². The first-order valence-corrected chi connectivity index (χ1v) is 7.42. The third-order valence-electron chi connectivity index (χ3n) is 3.42. The van der Waals surface area contributed by atoms with Crippen molar-refractivity contribution in [3.63, 3.8) is 0 Å². The quantitative estimate of drug-likeness (QED) is 0.809. The van der Waals surface area contributed by atoms with Crippen LogP contribution in [0.3, 0.4) is 0 Å². The second-order valence-corrected chi connectivity index (χ2v) is 4.87. The summed E-state index contributed by atoms with van der Waals surface area (Å²) in [5.41, 5.74) is 1.29. The van der Waals surface area contributed by atoms with Gasteiger partial charge in [0.05, 0.1) is 7.11 Å². The van der Waals surface area contributed by atoms with E-state index >= 15 is 0 Å². The van der Waals surface area contributed by atoms with Gasteiger partial charge in [0, 0.05) is 12.1 Å². The zero-order valence-electron chi connectivity index (χ0n) is 12.9. The van der Waals surface area contributed by atoms with Gasteiger partial charge < -0.3 is 14.8 Å². The van der Waals surface area contributed by atoms with Crippen LogP contribution in [0, 0.1) is 0 Å². The Labute approximate surface area is 126 Å². The smallest absolute Gasteiger partial charge is 0.131 e. The van der Waals surface area contributed by atoms with Crippen LogP contribution in [0.5, 0.6) is 17.2 Å². The second-order valence-electron chi connectivity index (χ2n) is 4.87. The molecule has 0 aliphatic carbocycles. The van der Waals surface area contributed by atoms with E-state index in [1.54, 1.807) is 7.11 Å². The average molecular weight is 285 g/mol. The van der Waals surface area contributed by atoms with E-state index in [0.29, 0.717) is 6.04 Å². The van der Waals surface area contributed by atoms with Crippen LogP contribution >= 0.6 is 0 Å². The summed E-state index contributed by atoms with van der Waals surface area (Å²) < 4.78 is 11.0. The highest BCUT2D eigenvalue weighted by Crippen LogP contribution is 2.26. The van der Waals surface area contributed by atoms with Crippen LogP contribution in [0.25, 0.3) is 0 Å². The van der Waals surface area contributed by atoms with E-state index in [2.05, 4.69) is 31.3 Å². The summed E-state index contributed by atoms with van der Waals surface area (Å²) in [6, 6.07) is 16.3. The molecule has 0 fully saturated rings. The average Bonchev–Trinajstić information content (AvgIpc) is 2.54. The first-order chi connectivity index (χ1) is 10.3. The van der Waals surface area contributed by atoms with Gasteiger partial charge >= 0.3 is 0 Å². The molecule has 2 aromatic carbocycles. The summed E-state index contributed by atoms with van der Waals surface area (Å²) in [6.45, 7) is 5.29. The Balaban J connectivity index is 2.08. The molecule has 0 saturated heterocycles.